The van der Waals surface area contributed by atoms with Gasteiger partial charge in [-0.25, -0.2) is 4.98 Å². The van der Waals surface area contributed by atoms with E-state index in [-0.39, 0.29) is 12.0 Å². The predicted octanol–water partition coefficient (Wildman–Crippen LogP) is 2.63. The highest BCUT2D eigenvalue weighted by Crippen LogP contribution is 2.11. The first kappa shape index (κ1) is 19.3. The van der Waals surface area contributed by atoms with Crippen molar-refractivity contribution >= 4 is 5.91 Å². The van der Waals surface area contributed by atoms with Gasteiger partial charge in [0.1, 0.15) is 0 Å². The maximum Gasteiger partial charge on any atom is 0.253 e. The molecule has 0 aliphatic carbocycles. The number of hydrogen-bond acceptors (Lipinski definition) is 5. The molecule has 1 saturated heterocycles. The van der Waals surface area contributed by atoms with Crippen LogP contribution in [0, 0.1) is 0 Å². The Morgan fingerprint density at radius 3 is 2.48 bits per heavy atom. The molecular weight excluding hydrogens is 342 g/mol. The number of ether oxygens (including phenoxy) is 2. The summed E-state index contributed by atoms with van der Waals surface area (Å²) >= 11 is 0. The van der Waals surface area contributed by atoms with Crippen LogP contribution in [0.4, 0.5) is 0 Å². The molecule has 1 aliphatic rings. The molecule has 1 amide bonds. The first-order valence-corrected chi connectivity index (χ1v) is 9.39. The van der Waals surface area contributed by atoms with Crippen LogP contribution < -0.4 is 10.1 Å². The Labute approximate surface area is 160 Å². The standard InChI is InChI=1S/C21H27N3O3/c1-16(2)27-20-8-7-19(14-22-20)21(25)23-13-17-3-5-18(6-4-17)15-24-9-11-26-12-10-24/h3-8,14,16H,9-13,15H2,1-2H3,(H,23,25). The number of benzene rings is 1. The highest BCUT2D eigenvalue weighted by molar-refractivity contribution is 5.93. The Kier molecular flexibility index (Phi) is 6.79. The highest BCUT2D eigenvalue weighted by atomic mass is 16.5. The van der Waals surface area contributed by atoms with Gasteiger partial charge in [0.2, 0.25) is 5.88 Å². The van der Waals surface area contributed by atoms with Crippen LogP contribution in [0.3, 0.4) is 0 Å². The molecule has 0 bridgehead atoms. The van der Waals surface area contributed by atoms with E-state index in [4.69, 9.17) is 9.47 Å². The molecule has 144 valence electrons. The molecule has 1 N–H and O–H groups in total. The lowest BCUT2D eigenvalue weighted by Gasteiger charge is -2.26. The summed E-state index contributed by atoms with van der Waals surface area (Å²) in [4.78, 5) is 18.8. The summed E-state index contributed by atoms with van der Waals surface area (Å²) in [5.41, 5.74) is 2.87. The molecule has 2 aromatic rings. The summed E-state index contributed by atoms with van der Waals surface area (Å²) in [6.45, 7) is 8.88. The third-order valence-electron chi connectivity index (χ3n) is 4.34. The van der Waals surface area contributed by atoms with Crippen LogP contribution in [0.15, 0.2) is 42.6 Å². The largest absolute Gasteiger partial charge is 0.475 e. The van der Waals surface area contributed by atoms with Gasteiger partial charge in [-0.2, -0.15) is 0 Å². The number of aromatic nitrogens is 1. The lowest BCUT2D eigenvalue weighted by molar-refractivity contribution is 0.0342. The fourth-order valence-corrected chi connectivity index (χ4v) is 2.89. The quantitative estimate of drug-likeness (QED) is 0.813. The van der Waals surface area contributed by atoms with Crippen molar-refractivity contribution in [3.63, 3.8) is 0 Å². The number of nitrogens with zero attached hydrogens (tertiary/aromatic N) is 2. The van der Waals surface area contributed by atoms with Crippen molar-refractivity contribution in [2.45, 2.75) is 33.0 Å². The molecular formula is C21H27N3O3. The van der Waals surface area contributed by atoms with Crippen molar-refractivity contribution in [3.05, 3.63) is 59.3 Å². The van der Waals surface area contributed by atoms with Crippen molar-refractivity contribution in [1.82, 2.24) is 15.2 Å². The lowest BCUT2D eigenvalue weighted by Crippen LogP contribution is -2.35. The van der Waals surface area contributed by atoms with Crippen molar-refractivity contribution in [3.8, 4) is 5.88 Å². The number of carbonyl (C=O) groups is 1. The third-order valence-corrected chi connectivity index (χ3v) is 4.34. The van der Waals surface area contributed by atoms with E-state index in [1.54, 1.807) is 18.3 Å². The van der Waals surface area contributed by atoms with Gasteiger partial charge in [0.05, 0.1) is 24.9 Å². The number of amides is 1. The first-order chi connectivity index (χ1) is 13.1. The van der Waals surface area contributed by atoms with Gasteiger partial charge >= 0.3 is 0 Å². The normalized spacial score (nSPS) is 14.9. The summed E-state index contributed by atoms with van der Waals surface area (Å²) in [7, 11) is 0. The molecule has 0 atom stereocenters. The van der Waals surface area contributed by atoms with Crippen LogP contribution >= 0.6 is 0 Å². The summed E-state index contributed by atoms with van der Waals surface area (Å²) in [5.74, 6) is 0.383. The Balaban J connectivity index is 1.48. The fourth-order valence-electron chi connectivity index (χ4n) is 2.89. The van der Waals surface area contributed by atoms with Gasteiger partial charge in [0.25, 0.3) is 5.91 Å². The highest BCUT2D eigenvalue weighted by Gasteiger charge is 2.11. The summed E-state index contributed by atoms with van der Waals surface area (Å²) in [6, 6.07) is 11.8. The van der Waals surface area contributed by atoms with Gasteiger partial charge in [-0.05, 0) is 31.0 Å². The minimum atomic E-state index is -0.143. The zero-order chi connectivity index (χ0) is 19.1. The molecule has 0 spiro atoms. The van der Waals surface area contributed by atoms with E-state index >= 15 is 0 Å². The van der Waals surface area contributed by atoms with E-state index in [0.717, 1.165) is 38.4 Å². The predicted molar refractivity (Wildman–Crippen MR) is 104 cm³/mol. The SMILES string of the molecule is CC(C)Oc1ccc(C(=O)NCc2ccc(CN3CCOCC3)cc2)cn1. The van der Waals surface area contributed by atoms with Crippen molar-refractivity contribution in [2.75, 3.05) is 26.3 Å². The molecule has 1 fully saturated rings. The van der Waals surface area contributed by atoms with Gasteiger partial charge < -0.3 is 14.8 Å². The van der Waals surface area contributed by atoms with Crippen LogP contribution in [0.1, 0.15) is 35.3 Å². The minimum absolute atomic E-state index is 0.0587. The number of nitrogens with one attached hydrogen (secondary N) is 1. The number of hydrogen-bond donors (Lipinski definition) is 1. The van der Waals surface area contributed by atoms with E-state index in [0.29, 0.717) is 18.0 Å². The third kappa shape index (κ3) is 6.05. The topological polar surface area (TPSA) is 63.7 Å². The molecule has 1 aromatic carbocycles. The Bertz CT molecular complexity index is 723. The fraction of sp³-hybridized carbons (Fsp3) is 0.429. The lowest BCUT2D eigenvalue weighted by atomic mass is 10.1. The maximum absolute atomic E-state index is 12.3. The molecule has 0 radical (unpaired) electrons. The zero-order valence-electron chi connectivity index (χ0n) is 16.0. The Morgan fingerprint density at radius 2 is 1.85 bits per heavy atom. The minimum Gasteiger partial charge on any atom is -0.475 e. The second kappa shape index (κ2) is 9.48. The van der Waals surface area contributed by atoms with Crippen molar-refractivity contribution in [2.24, 2.45) is 0 Å². The number of pyridine rings is 1. The van der Waals surface area contributed by atoms with Crippen LogP contribution in [0.5, 0.6) is 5.88 Å². The number of morpholine rings is 1. The van der Waals surface area contributed by atoms with Crippen molar-refractivity contribution < 1.29 is 14.3 Å². The smallest absolute Gasteiger partial charge is 0.253 e. The van der Waals surface area contributed by atoms with E-state index in [1.165, 1.54) is 5.56 Å². The van der Waals surface area contributed by atoms with E-state index in [9.17, 15) is 4.79 Å². The molecule has 1 aromatic heterocycles. The van der Waals surface area contributed by atoms with E-state index in [1.807, 2.05) is 13.8 Å². The zero-order valence-corrected chi connectivity index (χ0v) is 16.0. The molecule has 2 heterocycles. The number of carbonyl (C=O) groups excluding carboxylic acids is 1. The van der Waals surface area contributed by atoms with Crippen LogP contribution in [0.2, 0.25) is 0 Å². The van der Waals surface area contributed by atoms with Gasteiger partial charge in [0.15, 0.2) is 0 Å². The second-order valence-electron chi connectivity index (χ2n) is 6.94. The van der Waals surface area contributed by atoms with Crippen LogP contribution in [-0.4, -0.2) is 48.2 Å². The van der Waals surface area contributed by atoms with Gasteiger partial charge in [-0.15, -0.1) is 0 Å². The molecule has 6 nitrogen and oxygen atoms in total. The first-order valence-electron chi connectivity index (χ1n) is 9.39. The van der Waals surface area contributed by atoms with Gasteiger partial charge in [-0.3, -0.25) is 9.69 Å². The average Bonchev–Trinajstić information content (AvgIpc) is 2.68. The molecule has 27 heavy (non-hydrogen) atoms. The number of rotatable bonds is 7. The monoisotopic (exact) mass is 369 g/mol. The molecule has 3 rings (SSSR count). The van der Waals surface area contributed by atoms with E-state index < -0.39 is 0 Å². The van der Waals surface area contributed by atoms with Crippen molar-refractivity contribution in [1.29, 1.82) is 0 Å². The Morgan fingerprint density at radius 1 is 1.15 bits per heavy atom. The summed E-state index contributed by atoms with van der Waals surface area (Å²) in [6.07, 6.45) is 1.60. The summed E-state index contributed by atoms with van der Waals surface area (Å²) in [5, 5.41) is 2.93. The molecule has 1 aliphatic heterocycles. The molecule has 0 saturated carbocycles. The molecule has 6 heteroatoms. The second-order valence-corrected chi connectivity index (χ2v) is 6.94. The summed E-state index contributed by atoms with van der Waals surface area (Å²) < 4.78 is 10.9. The maximum atomic E-state index is 12.3. The van der Waals surface area contributed by atoms with Gasteiger partial charge in [-0.1, -0.05) is 24.3 Å². The van der Waals surface area contributed by atoms with Crippen LogP contribution in [0.25, 0.3) is 0 Å². The average molecular weight is 369 g/mol. The van der Waals surface area contributed by atoms with Crippen LogP contribution in [-0.2, 0) is 17.8 Å². The molecule has 0 unspecified atom stereocenters. The van der Waals surface area contributed by atoms with E-state index in [2.05, 4.69) is 39.5 Å². The van der Waals surface area contributed by atoms with Gasteiger partial charge in [0, 0.05) is 38.4 Å². The Hall–Kier alpha value is -2.44.